The zero-order valence-corrected chi connectivity index (χ0v) is 16.4. The van der Waals surface area contributed by atoms with Crippen LogP contribution >= 0.6 is 0 Å². The summed E-state index contributed by atoms with van der Waals surface area (Å²) in [6.45, 7) is 0.284. The molecular weight excluding hydrogens is 400 g/mol. The molecule has 0 aliphatic heterocycles. The molecule has 154 valence electrons. The first-order chi connectivity index (χ1) is 15.1. The molecule has 0 atom stereocenters. The van der Waals surface area contributed by atoms with Gasteiger partial charge in [-0.15, -0.1) is 0 Å². The van der Waals surface area contributed by atoms with E-state index in [4.69, 9.17) is 4.74 Å². The summed E-state index contributed by atoms with van der Waals surface area (Å²) in [7, 11) is 0. The molecule has 4 aromatic rings. The van der Waals surface area contributed by atoms with Crippen LogP contribution in [0.25, 0.3) is 16.7 Å². The number of halogens is 2. The molecule has 1 fully saturated rings. The van der Waals surface area contributed by atoms with Crippen molar-refractivity contribution in [2.45, 2.75) is 25.9 Å². The molecule has 6 nitrogen and oxygen atoms in total. The van der Waals surface area contributed by atoms with Crippen molar-refractivity contribution in [2.75, 3.05) is 0 Å². The number of hydrogen-bond acceptors (Lipinski definition) is 5. The predicted octanol–water partition coefficient (Wildman–Crippen LogP) is 4.52. The normalized spacial score (nSPS) is 14.4. The summed E-state index contributed by atoms with van der Waals surface area (Å²) in [5, 5.41) is 14.2. The number of benzene rings is 2. The molecule has 0 unspecified atom stereocenters. The summed E-state index contributed by atoms with van der Waals surface area (Å²) < 4.78 is 35.1. The van der Waals surface area contributed by atoms with Crippen molar-refractivity contribution in [3.05, 3.63) is 77.8 Å². The number of nitrogens with zero attached hydrogens (tertiary/aromatic N) is 5. The Kier molecular flexibility index (Phi) is 4.59. The summed E-state index contributed by atoms with van der Waals surface area (Å²) in [5.41, 5.74) is 0.906. The molecule has 0 N–H and O–H groups in total. The molecule has 0 radical (unpaired) electrons. The Balaban J connectivity index is 1.59. The second-order valence-electron chi connectivity index (χ2n) is 7.68. The standard InChI is InChI=1S/C23H17F2N5O/c24-16-6-7-19(18(25)10-16)30-21-17(12-27-30)22(31-13-15-4-2-1-3-5-15)29-20(28-21)11-23(14-26)8-9-23/h1-7,10,12H,8-9,11,13H2. The van der Waals surface area contributed by atoms with Gasteiger partial charge in [0.1, 0.15) is 29.3 Å². The highest BCUT2D eigenvalue weighted by molar-refractivity contribution is 5.81. The minimum Gasteiger partial charge on any atom is -0.472 e. The molecule has 2 aromatic carbocycles. The monoisotopic (exact) mass is 417 g/mol. The maximum absolute atomic E-state index is 14.4. The van der Waals surface area contributed by atoms with Crippen LogP contribution in [0.5, 0.6) is 5.88 Å². The van der Waals surface area contributed by atoms with E-state index in [0.717, 1.165) is 30.5 Å². The van der Waals surface area contributed by atoms with Crippen molar-refractivity contribution in [1.29, 1.82) is 5.26 Å². The number of ether oxygens (including phenoxy) is 1. The van der Waals surface area contributed by atoms with E-state index in [9.17, 15) is 14.0 Å². The van der Waals surface area contributed by atoms with Crippen molar-refractivity contribution in [2.24, 2.45) is 5.41 Å². The van der Waals surface area contributed by atoms with Crippen molar-refractivity contribution in [3.63, 3.8) is 0 Å². The van der Waals surface area contributed by atoms with E-state index in [1.54, 1.807) is 0 Å². The summed E-state index contributed by atoms with van der Waals surface area (Å²) in [6, 6.07) is 15.2. The van der Waals surface area contributed by atoms with Crippen molar-refractivity contribution < 1.29 is 13.5 Å². The first-order valence-corrected chi connectivity index (χ1v) is 9.85. The smallest absolute Gasteiger partial charge is 0.228 e. The Bertz CT molecular complexity index is 1310. The second kappa shape index (κ2) is 7.43. The van der Waals surface area contributed by atoms with Gasteiger partial charge in [-0.1, -0.05) is 30.3 Å². The van der Waals surface area contributed by atoms with E-state index in [-0.39, 0.29) is 12.3 Å². The van der Waals surface area contributed by atoms with Crippen LogP contribution in [0.2, 0.25) is 0 Å². The molecule has 1 aliphatic rings. The molecule has 31 heavy (non-hydrogen) atoms. The van der Waals surface area contributed by atoms with Gasteiger partial charge in [-0.25, -0.2) is 18.4 Å². The van der Waals surface area contributed by atoms with Crippen LogP contribution in [-0.4, -0.2) is 19.7 Å². The molecule has 1 saturated carbocycles. The summed E-state index contributed by atoms with van der Waals surface area (Å²) in [4.78, 5) is 9.10. The maximum atomic E-state index is 14.4. The van der Waals surface area contributed by atoms with Crippen LogP contribution in [-0.2, 0) is 13.0 Å². The van der Waals surface area contributed by atoms with Gasteiger partial charge in [-0.3, -0.25) is 0 Å². The van der Waals surface area contributed by atoms with Gasteiger partial charge in [0.2, 0.25) is 5.88 Å². The van der Waals surface area contributed by atoms with E-state index >= 15 is 0 Å². The third kappa shape index (κ3) is 3.70. The second-order valence-corrected chi connectivity index (χ2v) is 7.68. The minimum atomic E-state index is -0.757. The van der Waals surface area contributed by atoms with Crippen LogP contribution in [0, 0.1) is 28.4 Å². The lowest BCUT2D eigenvalue weighted by Gasteiger charge is -2.11. The number of fused-ring (bicyclic) bond motifs is 1. The molecule has 0 bridgehead atoms. The van der Waals surface area contributed by atoms with Crippen LogP contribution < -0.4 is 4.74 Å². The fourth-order valence-electron chi connectivity index (χ4n) is 3.45. The molecule has 1 aliphatic carbocycles. The zero-order valence-electron chi connectivity index (χ0n) is 16.4. The van der Waals surface area contributed by atoms with Crippen molar-refractivity contribution in [1.82, 2.24) is 19.7 Å². The number of aromatic nitrogens is 4. The van der Waals surface area contributed by atoms with Crippen LogP contribution in [0.15, 0.2) is 54.7 Å². The fourth-order valence-corrected chi connectivity index (χ4v) is 3.45. The van der Waals surface area contributed by atoms with Gasteiger partial charge >= 0.3 is 0 Å². The van der Waals surface area contributed by atoms with Crippen molar-refractivity contribution in [3.8, 4) is 17.6 Å². The summed E-state index contributed by atoms with van der Waals surface area (Å²) in [6.07, 6.45) is 3.45. The molecule has 8 heteroatoms. The third-order valence-electron chi connectivity index (χ3n) is 5.38. The SMILES string of the molecule is N#CC1(Cc2nc(OCc3ccccc3)c3cnn(-c4ccc(F)cc4F)c3n2)CC1. The predicted molar refractivity (Wildman–Crippen MR) is 108 cm³/mol. The van der Waals surface area contributed by atoms with E-state index in [1.165, 1.54) is 16.9 Å². The molecule has 0 saturated heterocycles. The lowest BCUT2D eigenvalue weighted by Crippen LogP contribution is -2.09. The van der Waals surface area contributed by atoms with Gasteiger partial charge in [0.25, 0.3) is 0 Å². The first-order valence-electron chi connectivity index (χ1n) is 9.85. The van der Waals surface area contributed by atoms with Crippen LogP contribution in [0.3, 0.4) is 0 Å². The largest absolute Gasteiger partial charge is 0.472 e. The maximum Gasteiger partial charge on any atom is 0.228 e. The van der Waals surface area contributed by atoms with E-state index < -0.39 is 17.0 Å². The molecule has 0 spiro atoms. The van der Waals surface area contributed by atoms with Gasteiger partial charge in [0.05, 0.1) is 17.7 Å². The van der Waals surface area contributed by atoms with Gasteiger partial charge in [0.15, 0.2) is 11.5 Å². The Morgan fingerprint density at radius 2 is 1.90 bits per heavy atom. The number of hydrogen-bond donors (Lipinski definition) is 0. The average molecular weight is 417 g/mol. The van der Waals surface area contributed by atoms with Crippen molar-refractivity contribution >= 4 is 11.0 Å². The van der Waals surface area contributed by atoms with E-state index in [2.05, 4.69) is 21.1 Å². The van der Waals surface area contributed by atoms with E-state index in [0.29, 0.717) is 29.2 Å². The Morgan fingerprint density at radius 3 is 2.61 bits per heavy atom. The lowest BCUT2D eigenvalue weighted by molar-refractivity contribution is 0.296. The van der Waals surface area contributed by atoms with Gasteiger partial charge in [-0.05, 0) is 30.5 Å². The molecule has 5 rings (SSSR count). The first kappa shape index (κ1) is 19.1. The summed E-state index contributed by atoms with van der Waals surface area (Å²) >= 11 is 0. The number of rotatable bonds is 6. The highest BCUT2D eigenvalue weighted by atomic mass is 19.1. The number of nitriles is 1. The topological polar surface area (TPSA) is 76.6 Å². The van der Waals surface area contributed by atoms with Gasteiger partial charge < -0.3 is 4.74 Å². The Labute approximate surface area is 176 Å². The zero-order chi connectivity index (χ0) is 21.4. The molecule has 2 aromatic heterocycles. The average Bonchev–Trinajstić information content (AvgIpc) is 3.42. The Hall–Kier alpha value is -3.86. The third-order valence-corrected chi connectivity index (χ3v) is 5.38. The lowest BCUT2D eigenvalue weighted by atomic mass is 10.0. The molecule has 2 heterocycles. The summed E-state index contributed by atoms with van der Waals surface area (Å²) in [5.74, 6) is -0.692. The van der Waals surface area contributed by atoms with E-state index in [1.807, 2.05) is 30.3 Å². The minimum absolute atomic E-state index is 0.0662. The molecule has 0 amide bonds. The Morgan fingerprint density at radius 1 is 1.10 bits per heavy atom. The fraction of sp³-hybridized carbons (Fsp3) is 0.217. The van der Waals surface area contributed by atoms with Gasteiger partial charge in [0, 0.05) is 12.5 Å². The van der Waals surface area contributed by atoms with Crippen LogP contribution in [0.4, 0.5) is 8.78 Å². The van der Waals surface area contributed by atoms with Gasteiger partial charge in [-0.2, -0.15) is 15.3 Å². The highest BCUT2D eigenvalue weighted by Crippen LogP contribution is 2.47. The quantitative estimate of drug-likeness (QED) is 0.461. The van der Waals surface area contributed by atoms with Crippen LogP contribution in [0.1, 0.15) is 24.2 Å². The highest BCUT2D eigenvalue weighted by Gasteiger charge is 2.44. The molecular formula is C23H17F2N5O.